The van der Waals surface area contributed by atoms with Crippen LogP contribution in [-0.2, 0) is 13.0 Å². The van der Waals surface area contributed by atoms with Crippen molar-refractivity contribution in [2.75, 3.05) is 27.4 Å². The first-order chi connectivity index (χ1) is 12.1. The van der Waals surface area contributed by atoms with Crippen LogP contribution in [-0.4, -0.2) is 44.4 Å². The molecule has 7 heteroatoms. The van der Waals surface area contributed by atoms with Gasteiger partial charge in [-0.15, -0.1) is 0 Å². The fourth-order valence-corrected chi connectivity index (χ4v) is 3.29. The van der Waals surface area contributed by atoms with Gasteiger partial charge in [-0.25, -0.2) is 4.79 Å². The average Bonchev–Trinajstić information content (AvgIpc) is 3.27. The number of carbonyl (C=O) groups excluding carboxylic acids is 1. The normalized spacial score (nSPS) is 13.7. The van der Waals surface area contributed by atoms with Crippen LogP contribution in [0.4, 0.5) is 4.79 Å². The smallest absolute Gasteiger partial charge is 0.315 e. The largest absolute Gasteiger partial charge is 0.454 e. The Balaban J connectivity index is 1.50. The molecule has 0 unspecified atom stereocenters. The molecule has 2 heterocycles. The molecular weight excluding hydrogens is 338 g/mol. The first-order valence-electron chi connectivity index (χ1n) is 8.19. The van der Waals surface area contributed by atoms with E-state index < -0.39 is 0 Å². The van der Waals surface area contributed by atoms with Crippen LogP contribution < -0.4 is 20.1 Å². The molecule has 0 aliphatic carbocycles. The quantitative estimate of drug-likeness (QED) is 0.795. The lowest BCUT2D eigenvalue weighted by Crippen LogP contribution is -2.44. The molecule has 2 amide bonds. The number of ether oxygens (including phenoxy) is 2. The number of urea groups is 1. The lowest BCUT2D eigenvalue weighted by atomic mass is 10.0. The van der Waals surface area contributed by atoms with E-state index in [0.717, 1.165) is 29.0 Å². The Morgan fingerprint density at radius 3 is 2.80 bits per heavy atom. The Morgan fingerprint density at radius 2 is 2.04 bits per heavy atom. The highest BCUT2D eigenvalue weighted by Gasteiger charge is 2.17. The van der Waals surface area contributed by atoms with Gasteiger partial charge in [0.25, 0.3) is 0 Å². The number of hydrogen-bond acceptors (Lipinski definition) is 5. The standard InChI is InChI=1S/C18H23N3O3S/c1-21(2)15(7-13-3-4-16-17(8-13)24-12-23-16)10-20-18(22)19-9-14-5-6-25-11-14/h3-6,8,11,15H,7,9-10,12H2,1-2H3,(H2,19,20,22)/t15-/m0/s1. The molecular formula is C18H23N3O3S. The van der Waals surface area contributed by atoms with Crippen molar-refractivity contribution in [1.82, 2.24) is 15.5 Å². The van der Waals surface area contributed by atoms with Gasteiger partial charge in [0, 0.05) is 19.1 Å². The van der Waals surface area contributed by atoms with Crippen LogP contribution in [0.5, 0.6) is 11.5 Å². The Morgan fingerprint density at radius 1 is 1.20 bits per heavy atom. The van der Waals surface area contributed by atoms with Crippen molar-refractivity contribution >= 4 is 17.4 Å². The highest BCUT2D eigenvalue weighted by atomic mass is 32.1. The van der Waals surface area contributed by atoms with Crippen molar-refractivity contribution in [3.63, 3.8) is 0 Å². The van der Waals surface area contributed by atoms with Crippen LogP contribution >= 0.6 is 11.3 Å². The highest BCUT2D eigenvalue weighted by molar-refractivity contribution is 7.07. The minimum absolute atomic E-state index is 0.149. The third-order valence-corrected chi connectivity index (χ3v) is 4.90. The molecule has 134 valence electrons. The number of amides is 2. The number of thiophene rings is 1. The number of nitrogens with one attached hydrogen (secondary N) is 2. The van der Waals surface area contributed by atoms with Gasteiger partial charge in [-0.3, -0.25) is 0 Å². The maximum Gasteiger partial charge on any atom is 0.315 e. The zero-order chi connectivity index (χ0) is 17.6. The van der Waals surface area contributed by atoms with Crippen molar-refractivity contribution in [3.05, 3.63) is 46.2 Å². The topological polar surface area (TPSA) is 62.8 Å². The van der Waals surface area contributed by atoms with Gasteiger partial charge in [-0.2, -0.15) is 11.3 Å². The van der Waals surface area contributed by atoms with Gasteiger partial charge in [0.2, 0.25) is 6.79 Å². The zero-order valence-electron chi connectivity index (χ0n) is 14.5. The lowest BCUT2D eigenvalue weighted by Gasteiger charge is -2.25. The van der Waals surface area contributed by atoms with Crippen LogP contribution in [0.2, 0.25) is 0 Å². The summed E-state index contributed by atoms with van der Waals surface area (Å²) in [5, 5.41) is 9.87. The Bertz CT molecular complexity index is 704. The summed E-state index contributed by atoms with van der Waals surface area (Å²) in [4.78, 5) is 14.1. The van der Waals surface area contributed by atoms with Gasteiger partial charge >= 0.3 is 6.03 Å². The summed E-state index contributed by atoms with van der Waals surface area (Å²) < 4.78 is 10.8. The van der Waals surface area contributed by atoms with E-state index in [1.807, 2.05) is 49.1 Å². The van der Waals surface area contributed by atoms with Crippen LogP contribution in [0.25, 0.3) is 0 Å². The first-order valence-corrected chi connectivity index (χ1v) is 9.14. The zero-order valence-corrected chi connectivity index (χ0v) is 15.3. The molecule has 0 spiro atoms. The summed E-state index contributed by atoms with van der Waals surface area (Å²) >= 11 is 1.63. The minimum atomic E-state index is -0.149. The van der Waals surface area contributed by atoms with Crippen LogP contribution in [0.3, 0.4) is 0 Å². The van der Waals surface area contributed by atoms with Crippen molar-refractivity contribution in [1.29, 1.82) is 0 Å². The second-order valence-electron chi connectivity index (χ2n) is 6.20. The summed E-state index contributed by atoms with van der Waals surface area (Å²) in [5.41, 5.74) is 2.27. The molecule has 1 aromatic carbocycles. The Labute approximate surface area is 151 Å². The molecule has 25 heavy (non-hydrogen) atoms. The SMILES string of the molecule is CN(C)[C@H](CNC(=O)NCc1ccsc1)Cc1ccc2c(c1)OCO2. The Kier molecular flexibility index (Phi) is 5.78. The molecule has 0 saturated carbocycles. The summed E-state index contributed by atoms with van der Waals surface area (Å²) in [5.74, 6) is 1.58. The molecule has 0 bridgehead atoms. The third-order valence-electron chi connectivity index (χ3n) is 4.17. The number of carbonyl (C=O) groups is 1. The fraction of sp³-hybridized carbons (Fsp3) is 0.389. The number of hydrogen-bond donors (Lipinski definition) is 2. The molecule has 2 N–H and O–H groups in total. The molecule has 1 aromatic heterocycles. The van der Waals surface area contributed by atoms with Crippen LogP contribution in [0.15, 0.2) is 35.0 Å². The first kappa shape index (κ1) is 17.6. The van der Waals surface area contributed by atoms with E-state index in [1.165, 1.54) is 0 Å². The molecule has 6 nitrogen and oxygen atoms in total. The molecule has 0 fully saturated rings. The van der Waals surface area contributed by atoms with Crippen LogP contribution in [0, 0.1) is 0 Å². The van der Waals surface area contributed by atoms with Gasteiger partial charge in [-0.1, -0.05) is 6.07 Å². The summed E-state index contributed by atoms with van der Waals surface area (Å²) in [6.45, 7) is 1.39. The molecule has 1 aliphatic heterocycles. The van der Waals surface area contributed by atoms with E-state index in [-0.39, 0.29) is 18.9 Å². The van der Waals surface area contributed by atoms with Crippen LogP contribution in [0.1, 0.15) is 11.1 Å². The van der Waals surface area contributed by atoms with E-state index in [4.69, 9.17) is 9.47 Å². The van der Waals surface area contributed by atoms with Gasteiger partial charge in [0.05, 0.1) is 0 Å². The predicted octanol–water partition coefficient (Wildman–Crippen LogP) is 2.45. The molecule has 2 aromatic rings. The minimum Gasteiger partial charge on any atom is -0.454 e. The molecule has 1 atom stereocenters. The van der Waals surface area contributed by atoms with E-state index in [2.05, 4.69) is 15.5 Å². The molecule has 0 radical (unpaired) electrons. The maximum absolute atomic E-state index is 12.0. The van der Waals surface area contributed by atoms with E-state index in [0.29, 0.717) is 13.1 Å². The number of benzene rings is 1. The molecule has 0 saturated heterocycles. The highest BCUT2D eigenvalue weighted by Crippen LogP contribution is 2.32. The van der Waals surface area contributed by atoms with Gasteiger partial charge < -0.3 is 25.0 Å². The second kappa shape index (κ2) is 8.22. The van der Waals surface area contributed by atoms with Crippen molar-refractivity contribution in [3.8, 4) is 11.5 Å². The Hall–Kier alpha value is -2.25. The molecule has 3 rings (SSSR count). The van der Waals surface area contributed by atoms with Crippen molar-refractivity contribution in [2.45, 2.75) is 19.0 Å². The fourth-order valence-electron chi connectivity index (χ4n) is 2.63. The van der Waals surface area contributed by atoms with Crippen molar-refractivity contribution in [2.24, 2.45) is 0 Å². The lowest BCUT2D eigenvalue weighted by molar-refractivity contribution is 0.174. The predicted molar refractivity (Wildman–Crippen MR) is 98.3 cm³/mol. The third kappa shape index (κ3) is 4.87. The summed E-state index contributed by atoms with van der Waals surface area (Å²) in [6, 6.07) is 8.03. The average molecular weight is 361 g/mol. The number of rotatable bonds is 7. The summed E-state index contributed by atoms with van der Waals surface area (Å²) in [6.07, 6.45) is 0.814. The van der Waals surface area contributed by atoms with E-state index >= 15 is 0 Å². The van der Waals surface area contributed by atoms with Gasteiger partial charge in [0.15, 0.2) is 11.5 Å². The van der Waals surface area contributed by atoms with E-state index in [9.17, 15) is 4.79 Å². The maximum atomic E-state index is 12.0. The summed E-state index contributed by atoms with van der Waals surface area (Å²) in [7, 11) is 4.03. The van der Waals surface area contributed by atoms with E-state index in [1.54, 1.807) is 11.3 Å². The van der Waals surface area contributed by atoms with Crippen molar-refractivity contribution < 1.29 is 14.3 Å². The van der Waals surface area contributed by atoms with Gasteiger partial charge in [-0.05, 0) is 60.6 Å². The second-order valence-corrected chi connectivity index (χ2v) is 6.98. The number of nitrogens with zero attached hydrogens (tertiary/aromatic N) is 1. The number of fused-ring (bicyclic) bond motifs is 1. The molecule has 1 aliphatic rings. The van der Waals surface area contributed by atoms with Gasteiger partial charge in [0.1, 0.15) is 0 Å². The number of likely N-dealkylation sites (N-methyl/N-ethyl adjacent to an activating group) is 1. The monoisotopic (exact) mass is 361 g/mol.